The van der Waals surface area contributed by atoms with Gasteiger partial charge in [-0.15, -0.1) is 0 Å². The Morgan fingerprint density at radius 1 is 1.25 bits per heavy atom. The van der Waals surface area contributed by atoms with E-state index in [1.165, 1.54) is 18.5 Å². The van der Waals surface area contributed by atoms with Gasteiger partial charge in [0.25, 0.3) is 0 Å². The van der Waals surface area contributed by atoms with Gasteiger partial charge in [-0.3, -0.25) is 0 Å². The molecule has 0 spiro atoms. The lowest BCUT2D eigenvalue weighted by Gasteiger charge is -2.27. The summed E-state index contributed by atoms with van der Waals surface area (Å²) in [5.41, 5.74) is -1.66. The molecule has 0 radical (unpaired) electrons. The second-order valence-electron chi connectivity index (χ2n) is 3.41. The zero-order valence-electron chi connectivity index (χ0n) is 8.42. The number of aromatic nitrogens is 1. The molecule has 0 aromatic carbocycles. The molecule has 8 heteroatoms. The van der Waals surface area contributed by atoms with E-state index in [1.807, 2.05) is 0 Å². The van der Waals surface area contributed by atoms with E-state index in [0.29, 0.717) is 0 Å². The van der Waals surface area contributed by atoms with E-state index in [-0.39, 0.29) is 4.90 Å². The lowest BCUT2D eigenvalue weighted by molar-refractivity contribution is 0.0582. The minimum atomic E-state index is -3.87. The number of aliphatic hydroxyl groups is 3. The smallest absolute Gasteiger partial charge is 0.242 e. The first kappa shape index (κ1) is 13.1. The molecule has 0 aliphatic rings. The Hall–Kier alpha value is -0.930. The third kappa shape index (κ3) is 2.60. The largest absolute Gasteiger partial charge is 0.394 e. The number of nitrogens with one attached hydrogen (secondary N) is 2. The van der Waals surface area contributed by atoms with E-state index in [9.17, 15) is 8.42 Å². The van der Waals surface area contributed by atoms with Gasteiger partial charge in [-0.1, -0.05) is 0 Å². The van der Waals surface area contributed by atoms with Crippen molar-refractivity contribution in [3.63, 3.8) is 0 Å². The summed E-state index contributed by atoms with van der Waals surface area (Å²) >= 11 is 0. The van der Waals surface area contributed by atoms with Crippen molar-refractivity contribution in [1.82, 2.24) is 9.71 Å². The molecule has 0 fully saturated rings. The fourth-order valence-corrected chi connectivity index (χ4v) is 2.42. The second kappa shape index (κ2) is 4.93. The van der Waals surface area contributed by atoms with Gasteiger partial charge in [0, 0.05) is 12.4 Å². The van der Waals surface area contributed by atoms with Crippen molar-refractivity contribution in [3.05, 3.63) is 18.5 Å². The Bertz CT molecular complexity index is 401. The molecule has 0 saturated heterocycles. The summed E-state index contributed by atoms with van der Waals surface area (Å²) in [5, 5.41) is 26.9. The summed E-state index contributed by atoms with van der Waals surface area (Å²) in [4.78, 5) is 2.53. The van der Waals surface area contributed by atoms with Gasteiger partial charge in [0.2, 0.25) is 10.0 Å². The van der Waals surface area contributed by atoms with Crippen LogP contribution >= 0.6 is 0 Å². The highest BCUT2D eigenvalue weighted by atomic mass is 32.2. The van der Waals surface area contributed by atoms with Crippen molar-refractivity contribution in [1.29, 1.82) is 0 Å². The van der Waals surface area contributed by atoms with Crippen molar-refractivity contribution in [3.8, 4) is 0 Å². The minimum absolute atomic E-state index is 0.0350. The molecule has 0 aliphatic carbocycles. The van der Waals surface area contributed by atoms with Gasteiger partial charge >= 0.3 is 0 Å². The van der Waals surface area contributed by atoms with Crippen LogP contribution in [0.3, 0.4) is 0 Å². The van der Waals surface area contributed by atoms with Crippen LogP contribution in [0.25, 0.3) is 0 Å². The molecule has 0 atom stereocenters. The SMILES string of the molecule is O=S(=O)(NC(CO)(CO)CO)c1cc[nH]c1. The standard InChI is InChI=1S/C8H14N2O5S/c11-4-8(5-12,6-13)10-16(14,15)7-1-2-9-3-7/h1-3,9-13H,4-6H2. The highest BCUT2D eigenvalue weighted by Gasteiger charge is 2.33. The molecule has 1 heterocycles. The van der Waals surface area contributed by atoms with Gasteiger partial charge in [-0.25, -0.2) is 8.42 Å². The van der Waals surface area contributed by atoms with Crippen LogP contribution in [0, 0.1) is 0 Å². The van der Waals surface area contributed by atoms with Crippen LogP contribution in [-0.2, 0) is 10.0 Å². The van der Waals surface area contributed by atoms with E-state index < -0.39 is 35.4 Å². The van der Waals surface area contributed by atoms with Gasteiger partial charge in [0.05, 0.1) is 24.7 Å². The average molecular weight is 250 g/mol. The van der Waals surface area contributed by atoms with E-state index in [2.05, 4.69) is 9.71 Å². The summed E-state index contributed by atoms with van der Waals surface area (Å²) in [6.45, 7) is -2.11. The molecule has 7 nitrogen and oxygen atoms in total. The zero-order valence-corrected chi connectivity index (χ0v) is 9.24. The van der Waals surface area contributed by atoms with Gasteiger partial charge in [0.15, 0.2) is 0 Å². The van der Waals surface area contributed by atoms with Crippen LogP contribution < -0.4 is 4.72 Å². The Morgan fingerprint density at radius 2 is 1.81 bits per heavy atom. The number of hydrogen-bond donors (Lipinski definition) is 5. The topological polar surface area (TPSA) is 123 Å². The molecule has 0 unspecified atom stereocenters. The van der Waals surface area contributed by atoms with Gasteiger partial charge < -0.3 is 20.3 Å². The maximum Gasteiger partial charge on any atom is 0.242 e. The van der Waals surface area contributed by atoms with Crippen LogP contribution in [0.5, 0.6) is 0 Å². The molecule has 16 heavy (non-hydrogen) atoms. The molecule has 1 aromatic rings. The summed E-state index contributed by atoms with van der Waals surface area (Å²) < 4.78 is 25.5. The van der Waals surface area contributed by atoms with Gasteiger partial charge in [0.1, 0.15) is 5.54 Å². The lowest BCUT2D eigenvalue weighted by atomic mass is 10.1. The number of rotatable bonds is 6. The molecule has 0 saturated carbocycles. The van der Waals surface area contributed by atoms with Crippen molar-refractivity contribution in [2.75, 3.05) is 19.8 Å². The molecule has 0 aliphatic heterocycles. The Labute approximate surface area is 92.8 Å². The van der Waals surface area contributed by atoms with Gasteiger partial charge in [-0.05, 0) is 6.07 Å². The Balaban J connectivity index is 2.96. The van der Waals surface area contributed by atoms with Crippen LogP contribution in [0.15, 0.2) is 23.4 Å². The van der Waals surface area contributed by atoms with Crippen molar-refractivity contribution in [2.24, 2.45) is 0 Å². The highest BCUT2D eigenvalue weighted by molar-refractivity contribution is 7.89. The third-order valence-corrected chi connectivity index (χ3v) is 3.71. The third-order valence-electron chi connectivity index (χ3n) is 2.14. The average Bonchev–Trinajstić information content (AvgIpc) is 2.80. The van der Waals surface area contributed by atoms with Crippen LogP contribution in [0.1, 0.15) is 0 Å². The summed E-state index contributed by atoms with van der Waals surface area (Å²) in [7, 11) is -3.87. The van der Waals surface area contributed by atoms with E-state index in [1.54, 1.807) is 0 Å². The molecule has 92 valence electrons. The van der Waals surface area contributed by atoms with E-state index in [0.717, 1.165) is 0 Å². The molecular weight excluding hydrogens is 236 g/mol. The summed E-state index contributed by atoms with van der Waals surface area (Å²) in [6, 6.07) is 1.32. The number of aromatic amines is 1. The van der Waals surface area contributed by atoms with Crippen LogP contribution in [-0.4, -0.2) is 54.1 Å². The lowest BCUT2D eigenvalue weighted by Crippen LogP contribution is -2.56. The fourth-order valence-electron chi connectivity index (χ4n) is 1.07. The summed E-state index contributed by atoms with van der Waals surface area (Å²) in [6.07, 6.45) is 2.67. The van der Waals surface area contributed by atoms with Gasteiger partial charge in [-0.2, -0.15) is 4.72 Å². The minimum Gasteiger partial charge on any atom is -0.394 e. The van der Waals surface area contributed by atoms with Crippen molar-refractivity contribution >= 4 is 10.0 Å². The molecule has 5 N–H and O–H groups in total. The quantitative estimate of drug-likeness (QED) is 0.400. The predicted octanol–water partition coefficient (Wildman–Crippen LogP) is -1.99. The second-order valence-corrected chi connectivity index (χ2v) is 5.09. The van der Waals surface area contributed by atoms with Crippen LogP contribution in [0.2, 0.25) is 0 Å². The molecule has 1 rings (SSSR count). The monoisotopic (exact) mass is 250 g/mol. The van der Waals surface area contributed by atoms with E-state index >= 15 is 0 Å². The maximum absolute atomic E-state index is 11.7. The number of hydrogen-bond acceptors (Lipinski definition) is 5. The van der Waals surface area contributed by atoms with Crippen LogP contribution in [0.4, 0.5) is 0 Å². The summed E-state index contributed by atoms with van der Waals surface area (Å²) in [5.74, 6) is 0. The van der Waals surface area contributed by atoms with Crippen molar-refractivity contribution < 1.29 is 23.7 Å². The molecule has 0 bridgehead atoms. The number of H-pyrrole nitrogens is 1. The van der Waals surface area contributed by atoms with E-state index in [4.69, 9.17) is 15.3 Å². The van der Waals surface area contributed by atoms with Crippen molar-refractivity contribution in [2.45, 2.75) is 10.4 Å². The molecule has 0 amide bonds. The normalized spacial score (nSPS) is 12.9. The maximum atomic E-state index is 11.7. The zero-order chi connectivity index (χ0) is 12.2. The molecule has 1 aromatic heterocycles. The molecular formula is C8H14N2O5S. The highest BCUT2D eigenvalue weighted by Crippen LogP contribution is 2.11. The number of aliphatic hydroxyl groups excluding tert-OH is 3. The number of sulfonamides is 1. The Kier molecular flexibility index (Phi) is 4.05. The predicted molar refractivity (Wildman–Crippen MR) is 55.1 cm³/mol. The fraction of sp³-hybridized carbons (Fsp3) is 0.500. The first-order chi connectivity index (χ1) is 7.49. The first-order valence-corrected chi connectivity index (χ1v) is 5.97. The Morgan fingerprint density at radius 3 is 2.19 bits per heavy atom. The first-order valence-electron chi connectivity index (χ1n) is 4.49.